The van der Waals surface area contributed by atoms with Crippen LogP contribution in [-0.2, 0) is 133 Å². The van der Waals surface area contributed by atoms with Gasteiger partial charge in [0.05, 0.1) is 64.6 Å². The molecule has 5 fully saturated rings. The second-order valence-corrected chi connectivity index (χ2v) is 25.3. The molecule has 27 heteroatoms. The lowest BCUT2D eigenvalue weighted by atomic mass is 9.94. The molecular weight excluding hydrogens is 1310 g/mol. The van der Waals surface area contributed by atoms with Gasteiger partial charge in [-0.15, -0.1) is 0 Å². The lowest BCUT2D eigenvalue weighted by Crippen LogP contribution is -2.70. The summed E-state index contributed by atoms with van der Waals surface area (Å²) in [4.78, 5) is 51.2. The van der Waals surface area contributed by atoms with Crippen molar-refractivity contribution < 1.29 is 125 Å². The van der Waals surface area contributed by atoms with Crippen LogP contribution in [0.3, 0.4) is 0 Å². The second kappa shape index (κ2) is 36.4. The van der Waals surface area contributed by atoms with Gasteiger partial charge in [-0.2, -0.15) is 0 Å². The maximum atomic E-state index is 13.4. The van der Waals surface area contributed by atoms with Crippen LogP contribution in [0.15, 0.2) is 152 Å². The van der Waals surface area contributed by atoms with E-state index in [0.29, 0.717) is 0 Å². The number of carbonyl (C=O) groups is 4. The van der Waals surface area contributed by atoms with Gasteiger partial charge in [0.15, 0.2) is 49.8 Å². The molecule has 0 aliphatic carbocycles. The number of ether oxygens (including phenoxy) is 17. The third-order valence-corrected chi connectivity index (χ3v) is 17.7. The molecule has 5 aromatic rings. The zero-order valence-electron chi connectivity index (χ0n) is 56.6. The summed E-state index contributed by atoms with van der Waals surface area (Å²) in [5, 5.41) is 62.1. The maximum Gasteiger partial charge on any atom is 0.303 e. The highest BCUT2D eigenvalue weighted by Crippen LogP contribution is 2.40. The summed E-state index contributed by atoms with van der Waals surface area (Å²) in [6.45, 7) is 8.33. The molecule has 5 heterocycles. The molecule has 5 saturated heterocycles. The van der Waals surface area contributed by atoms with E-state index < -0.39 is 184 Å². The molecule has 5 aromatic carbocycles. The molecule has 0 aromatic heterocycles. The van der Waals surface area contributed by atoms with E-state index in [4.69, 9.17) is 80.5 Å². The van der Waals surface area contributed by atoms with Crippen LogP contribution in [0.25, 0.3) is 0 Å². The summed E-state index contributed by atoms with van der Waals surface area (Å²) >= 11 is 0. The number of esters is 3. The van der Waals surface area contributed by atoms with Crippen LogP contribution in [0.4, 0.5) is 0 Å². The Bertz CT molecular complexity index is 3310. The number of hydrogen-bond donors (Lipinski definition) is 6. The normalized spacial score (nSPS) is 34.5. The average Bonchev–Trinajstić information content (AvgIpc) is 0.768. The highest BCUT2D eigenvalue weighted by molar-refractivity contribution is 5.73. The Kier molecular flexibility index (Phi) is 27.6. The molecule has 0 unspecified atom stereocenters. The van der Waals surface area contributed by atoms with Crippen molar-refractivity contribution in [3.05, 3.63) is 179 Å². The Morgan fingerprint density at radius 2 is 0.770 bits per heavy atom. The number of nitrogens with one attached hydrogen (secondary N) is 1. The van der Waals surface area contributed by atoms with E-state index in [-0.39, 0.29) is 39.6 Å². The van der Waals surface area contributed by atoms with Crippen molar-refractivity contribution in [2.24, 2.45) is 0 Å². The van der Waals surface area contributed by atoms with Gasteiger partial charge in [0.2, 0.25) is 5.91 Å². The zero-order valence-corrected chi connectivity index (χ0v) is 56.6. The minimum absolute atomic E-state index is 0.0158. The fraction of sp³-hybridized carbons (Fsp3) is 0.534. The summed E-state index contributed by atoms with van der Waals surface area (Å²) in [5.41, 5.74) is 4.13. The van der Waals surface area contributed by atoms with Gasteiger partial charge in [0, 0.05) is 27.7 Å². The third-order valence-electron chi connectivity index (χ3n) is 17.7. The monoisotopic (exact) mass is 1400 g/mol. The van der Waals surface area contributed by atoms with E-state index in [9.17, 15) is 44.7 Å². The molecule has 544 valence electrons. The first-order valence-corrected chi connectivity index (χ1v) is 33.5. The van der Waals surface area contributed by atoms with E-state index in [1.807, 2.05) is 152 Å². The molecule has 5 aliphatic rings. The van der Waals surface area contributed by atoms with Crippen molar-refractivity contribution in [3.8, 4) is 0 Å². The second-order valence-electron chi connectivity index (χ2n) is 25.3. The Morgan fingerprint density at radius 3 is 1.28 bits per heavy atom. The number of rotatable bonds is 29. The molecule has 0 radical (unpaired) electrons. The first-order valence-electron chi connectivity index (χ1n) is 33.5. The molecule has 25 atom stereocenters. The molecule has 100 heavy (non-hydrogen) atoms. The molecule has 27 nitrogen and oxygen atoms in total. The number of carbonyl (C=O) groups excluding carboxylic acids is 4. The summed E-state index contributed by atoms with van der Waals surface area (Å²) < 4.78 is 111. The third kappa shape index (κ3) is 19.9. The maximum absolute atomic E-state index is 13.4. The standard InChI is InChI=1S/C73H91NO26/c1-40-55(80)57(82)62(98-70-54(74-43(4)76)61(56(81)52(33-75)95-70)97-73-68(94-46(7)79)65(93-45(6)78)59(42(3)91-73)92-44(5)77)71(90-40)100-66-64(58(41(2)89-69(66)83)85-35-48-25-15-9-16-26-48)99-72-67(88-38-51-31-21-12-22-32-51)63(87-37-50-29-19-11-20-30-50)60(86-36-49-27-17-10-18-28-49)53(96-72)39-84-34-47-23-13-8-14-24-47/h8-32,40-42,52-73,75,80-83H,33-39H2,1-7H3,(H,74,76)/t40-,41-,42-,52+,53+,54-,55-,56+,57+,58-,59-,60+,61+,62+,63-,64+,65+,66+,67+,68+,69+,70-,71-,72+,73-/m0/s1. The van der Waals surface area contributed by atoms with E-state index in [1.54, 1.807) is 6.92 Å². The highest BCUT2D eigenvalue weighted by Gasteiger charge is 2.59. The molecule has 6 N–H and O–H groups in total. The number of hydrogen-bond acceptors (Lipinski definition) is 26. The Labute approximate surface area is 579 Å². The minimum Gasteiger partial charge on any atom is -0.456 e. The first kappa shape index (κ1) is 75.9. The number of amides is 1. The zero-order chi connectivity index (χ0) is 71.0. The molecule has 1 amide bonds. The van der Waals surface area contributed by atoms with Crippen LogP contribution in [0.5, 0.6) is 0 Å². The first-order chi connectivity index (χ1) is 48.2. The Hall–Kier alpha value is -6.78. The molecule has 0 spiro atoms. The lowest BCUT2D eigenvalue weighted by molar-refractivity contribution is -0.403. The quantitative estimate of drug-likeness (QED) is 0.0289. The van der Waals surface area contributed by atoms with E-state index >= 15 is 0 Å². The van der Waals surface area contributed by atoms with Crippen LogP contribution in [-0.4, -0.2) is 216 Å². The van der Waals surface area contributed by atoms with Crippen molar-refractivity contribution in [2.75, 3.05) is 13.2 Å². The van der Waals surface area contributed by atoms with Crippen molar-refractivity contribution in [1.29, 1.82) is 0 Å². The number of aliphatic hydroxyl groups excluding tert-OH is 5. The summed E-state index contributed by atoms with van der Waals surface area (Å²) in [7, 11) is 0. The van der Waals surface area contributed by atoms with Crippen LogP contribution < -0.4 is 5.32 Å². The highest BCUT2D eigenvalue weighted by atomic mass is 16.8. The van der Waals surface area contributed by atoms with Crippen LogP contribution in [0, 0.1) is 0 Å². The van der Waals surface area contributed by atoms with Gasteiger partial charge in [-0.3, -0.25) is 19.2 Å². The van der Waals surface area contributed by atoms with Crippen molar-refractivity contribution in [1.82, 2.24) is 5.32 Å². The van der Waals surface area contributed by atoms with Gasteiger partial charge in [-0.05, 0) is 48.6 Å². The predicted octanol–water partition coefficient (Wildman–Crippen LogP) is 4.14. The Balaban J connectivity index is 1.03. The average molecular weight is 1400 g/mol. The molecular formula is C73H91NO26. The van der Waals surface area contributed by atoms with Gasteiger partial charge in [-0.1, -0.05) is 152 Å². The smallest absolute Gasteiger partial charge is 0.303 e. The summed E-state index contributed by atoms with van der Waals surface area (Å²) in [6, 6.07) is 45.8. The van der Waals surface area contributed by atoms with Gasteiger partial charge < -0.3 is 111 Å². The van der Waals surface area contributed by atoms with E-state index in [0.717, 1.165) is 55.5 Å². The fourth-order valence-corrected chi connectivity index (χ4v) is 12.8. The topological polar surface area (TPSA) is 338 Å². The van der Waals surface area contributed by atoms with Crippen LogP contribution in [0.2, 0.25) is 0 Å². The summed E-state index contributed by atoms with van der Waals surface area (Å²) in [5.74, 6) is -3.34. The van der Waals surface area contributed by atoms with Crippen LogP contribution >= 0.6 is 0 Å². The molecule has 0 saturated carbocycles. The van der Waals surface area contributed by atoms with Crippen molar-refractivity contribution in [2.45, 2.75) is 235 Å². The van der Waals surface area contributed by atoms with Crippen molar-refractivity contribution in [3.63, 3.8) is 0 Å². The van der Waals surface area contributed by atoms with Crippen LogP contribution in [0.1, 0.15) is 76.3 Å². The molecule has 10 rings (SSSR count). The van der Waals surface area contributed by atoms with Crippen molar-refractivity contribution >= 4 is 23.8 Å². The molecule has 0 bridgehead atoms. The fourth-order valence-electron chi connectivity index (χ4n) is 12.8. The van der Waals surface area contributed by atoms with Gasteiger partial charge >= 0.3 is 17.9 Å². The number of benzene rings is 5. The molecule has 5 aliphatic heterocycles. The summed E-state index contributed by atoms with van der Waals surface area (Å²) in [6.07, 6.45) is -36.2. The SMILES string of the molecule is CC(=O)N[C@@H]1[C@H](O[C@H]2[C@H](O[C@@H]3[C@H](O[C@H]4O[C@H](COCc5ccccc5)[C@@H](OCc5ccccc5)[C@H](OCc5ccccc5)[C@H]4OCc4ccccc4)[C@@H](OCc4ccccc4)[C@H](C)O[C@H]3O)O[C@@H](C)[C@H](O)[C@H]2O)O[C@H](CO)[C@@H](O)[C@@H]1O[C@@H]1O[C@@H](C)[C@H](OC(C)=O)[C@@H](OC(C)=O)[C@H]1OC(C)=O. The van der Waals surface area contributed by atoms with Gasteiger partial charge in [0.1, 0.15) is 85.4 Å². The predicted molar refractivity (Wildman–Crippen MR) is 348 cm³/mol. The van der Waals surface area contributed by atoms with Gasteiger partial charge in [-0.25, -0.2) is 0 Å². The van der Waals surface area contributed by atoms with E-state index in [2.05, 4.69) is 5.32 Å². The number of aliphatic hydroxyl groups is 5. The Morgan fingerprint density at radius 1 is 0.370 bits per heavy atom. The largest absolute Gasteiger partial charge is 0.456 e. The lowest BCUT2D eigenvalue weighted by Gasteiger charge is -2.51. The minimum atomic E-state index is -1.96. The van der Waals surface area contributed by atoms with Gasteiger partial charge in [0.25, 0.3) is 0 Å². The van der Waals surface area contributed by atoms with E-state index in [1.165, 1.54) is 13.8 Å².